The minimum atomic E-state index is -3.07. The number of benzene rings is 2. The molecule has 0 atom stereocenters. The van der Waals surface area contributed by atoms with Crippen molar-refractivity contribution in [3.8, 4) is 17.0 Å². The number of anilines is 4. The zero-order valence-corrected chi connectivity index (χ0v) is 21.3. The maximum atomic E-state index is 13.3. The zero-order valence-electron chi connectivity index (χ0n) is 21.3. The number of hydrogen-bond donors (Lipinski definition) is 3. The standard InChI is InChI=1S/C27H29F2N7O2/c1-5-25(37)32-21-14-22(24(38-26(28)29)15-20(21)30-12-13-35(2)3)34-27-31-11-10-19(33-27)18-16-36(4)23-9-7-6-8-17(18)23/h5-11,14-16,26,30H,1,12-13H2,2-4H3,(H,32,37)(H,31,33,34). The van der Waals surface area contributed by atoms with Gasteiger partial charge in [0.25, 0.3) is 0 Å². The van der Waals surface area contributed by atoms with Crippen molar-refractivity contribution >= 4 is 39.8 Å². The minimum absolute atomic E-state index is 0.136. The van der Waals surface area contributed by atoms with Crippen LogP contribution in [0.15, 0.2) is 67.5 Å². The number of carbonyl (C=O) groups is 1. The highest BCUT2D eigenvalue weighted by molar-refractivity contribution is 6.02. The molecule has 0 saturated heterocycles. The van der Waals surface area contributed by atoms with E-state index in [4.69, 9.17) is 4.74 Å². The molecule has 2 aromatic heterocycles. The molecular weight excluding hydrogens is 492 g/mol. The summed E-state index contributed by atoms with van der Waals surface area (Å²) >= 11 is 0. The molecule has 0 aliphatic heterocycles. The molecule has 0 spiro atoms. The van der Waals surface area contributed by atoms with Crippen molar-refractivity contribution in [1.82, 2.24) is 19.4 Å². The average molecular weight is 522 g/mol. The first kappa shape index (κ1) is 26.6. The van der Waals surface area contributed by atoms with Gasteiger partial charge in [-0.25, -0.2) is 9.97 Å². The smallest absolute Gasteiger partial charge is 0.387 e. The number of likely N-dealkylation sites (N-methyl/N-ethyl adjacent to an activating group) is 1. The van der Waals surface area contributed by atoms with E-state index < -0.39 is 12.5 Å². The van der Waals surface area contributed by atoms with Crippen LogP contribution in [0.5, 0.6) is 5.75 Å². The molecule has 9 nitrogen and oxygen atoms in total. The van der Waals surface area contributed by atoms with Crippen LogP contribution in [0.2, 0.25) is 0 Å². The fourth-order valence-corrected chi connectivity index (χ4v) is 3.95. The first-order chi connectivity index (χ1) is 18.2. The molecule has 2 aromatic carbocycles. The molecular formula is C27H29F2N7O2. The Labute approximate surface area is 219 Å². The first-order valence-electron chi connectivity index (χ1n) is 11.8. The minimum Gasteiger partial charge on any atom is -0.433 e. The summed E-state index contributed by atoms with van der Waals surface area (Å²) in [6.07, 6.45) is 4.67. The highest BCUT2D eigenvalue weighted by Crippen LogP contribution is 2.38. The van der Waals surface area contributed by atoms with Crippen molar-refractivity contribution in [2.45, 2.75) is 6.61 Å². The molecule has 0 fully saturated rings. The fraction of sp³-hybridized carbons (Fsp3) is 0.222. The van der Waals surface area contributed by atoms with Gasteiger partial charge in [-0.15, -0.1) is 0 Å². The third-order valence-corrected chi connectivity index (χ3v) is 5.73. The van der Waals surface area contributed by atoms with Gasteiger partial charge in [0.15, 0.2) is 5.75 Å². The van der Waals surface area contributed by atoms with Crippen LogP contribution in [0, 0.1) is 0 Å². The molecule has 0 unspecified atom stereocenters. The van der Waals surface area contributed by atoms with E-state index in [1.165, 1.54) is 12.1 Å². The molecule has 2 heterocycles. The number of amides is 1. The molecule has 1 amide bonds. The lowest BCUT2D eigenvalue weighted by atomic mass is 10.1. The van der Waals surface area contributed by atoms with Crippen molar-refractivity contribution in [3.05, 3.63) is 67.5 Å². The van der Waals surface area contributed by atoms with E-state index in [0.29, 0.717) is 30.2 Å². The fourth-order valence-electron chi connectivity index (χ4n) is 3.95. The van der Waals surface area contributed by atoms with Crippen molar-refractivity contribution in [2.75, 3.05) is 43.1 Å². The predicted molar refractivity (Wildman–Crippen MR) is 146 cm³/mol. The molecule has 4 rings (SSSR count). The van der Waals surface area contributed by atoms with Gasteiger partial charge in [-0.2, -0.15) is 8.78 Å². The second-order valence-corrected chi connectivity index (χ2v) is 8.76. The average Bonchev–Trinajstić information content (AvgIpc) is 3.22. The lowest BCUT2D eigenvalue weighted by molar-refractivity contribution is -0.111. The summed E-state index contributed by atoms with van der Waals surface area (Å²) in [4.78, 5) is 22.9. The Morgan fingerprint density at radius 2 is 1.97 bits per heavy atom. The number of para-hydroxylation sites is 1. The summed E-state index contributed by atoms with van der Waals surface area (Å²) in [5.74, 6) is -0.421. The first-order valence-corrected chi connectivity index (χ1v) is 11.8. The van der Waals surface area contributed by atoms with Crippen LogP contribution < -0.4 is 20.7 Å². The molecule has 0 aliphatic rings. The van der Waals surface area contributed by atoms with Gasteiger partial charge < -0.3 is 30.2 Å². The second kappa shape index (κ2) is 11.7. The maximum absolute atomic E-state index is 13.3. The van der Waals surface area contributed by atoms with E-state index in [1.54, 1.807) is 12.3 Å². The molecule has 0 saturated carbocycles. The van der Waals surface area contributed by atoms with E-state index in [9.17, 15) is 13.6 Å². The molecule has 0 aliphatic carbocycles. The Morgan fingerprint density at radius 1 is 1.18 bits per heavy atom. The third kappa shape index (κ3) is 6.24. The van der Waals surface area contributed by atoms with Crippen LogP contribution in [-0.4, -0.2) is 59.1 Å². The number of nitrogens with zero attached hydrogens (tertiary/aromatic N) is 4. The maximum Gasteiger partial charge on any atom is 0.387 e. The number of ether oxygens (including phenoxy) is 1. The number of alkyl halides is 2. The summed E-state index contributed by atoms with van der Waals surface area (Å²) in [7, 11) is 5.77. The van der Waals surface area contributed by atoms with Gasteiger partial charge in [0.05, 0.1) is 22.8 Å². The van der Waals surface area contributed by atoms with Crippen molar-refractivity contribution in [3.63, 3.8) is 0 Å². The van der Waals surface area contributed by atoms with Gasteiger partial charge in [0.1, 0.15) is 0 Å². The molecule has 0 bridgehead atoms. The van der Waals surface area contributed by atoms with Gasteiger partial charge in [-0.1, -0.05) is 24.8 Å². The number of hydrogen-bond acceptors (Lipinski definition) is 7. The Balaban J connectivity index is 1.72. The number of aryl methyl sites for hydroxylation is 1. The molecule has 38 heavy (non-hydrogen) atoms. The number of nitrogens with one attached hydrogen (secondary N) is 3. The molecule has 0 radical (unpaired) electrons. The Bertz CT molecular complexity index is 1450. The zero-order chi connectivity index (χ0) is 27.2. The highest BCUT2D eigenvalue weighted by atomic mass is 19.3. The number of rotatable bonds is 11. The van der Waals surface area contributed by atoms with Gasteiger partial charge in [0.2, 0.25) is 11.9 Å². The number of halogens is 2. The van der Waals surface area contributed by atoms with Gasteiger partial charge in [-0.3, -0.25) is 4.79 Å². The lowest BCUT2D eigenvalue weighted by Crippen LogP contribution is -2.21. The van der Waals surface area contributed by atoms with Gasteiger partial charge in [-0.05, 0) is 38.4 Å². The third-order valence-electron chi connectivity index (χ3n) is 5.73. The predicted octanol–water partition coefficient (Wildman–Crippen LogP) is 5.08. The van der Waals surface area contributed by atoms with Gasteiger partial charge in [0, 0.05) is 55.1 Å². The Morgan fingerprint density at radius 3 is 2.71 bits per heavy atom. The number of aromatic nitrogens is 3. The monoisotopic (exact) mass is 521 g/mol. The second-order valence-electron chi connectivity index (χ2n) is 8.76. The lowest BCUT2D eigenvalue weighted by Gasteiger charge is -2.19. The van der Waals surface area contributed by atoms with Crippen LogP contribution in [0.4, 0.5) is 31.8 Å². The van der Waals surface area contributed by atoms with Crippen LogP contribution in [-0.2, 0) is 11.8 Å². The molecule has 4 aromatic rings. The summed E-state index contributed by atoms with van der Waals surface area (Å²) in [6.45, 7) is 1.59. The normalized spacial score (nSPS) is 11.1. The van der Waals surface area contributed by atoms with Crippen molar-refractivity contribution < 1.29 is 18.3 Å². The van der Waals surface area contributed by atoms with E-state index in [2.05, 4.69) is 32.5 Å². The Kier molecular flexibility index (Phi) is 8.17. The van der Waals surface area contributed by atoms with E-state index in [0.717, 1.165) is 22.5 Å². The van der Waals surface area contributed by atoms with Crippen LogP contribution in [0.3, 0.4) is 0 Å². The van der Waals surface area contributed by atoms with E-state index in [-0.39, 0.29) is 17.4 Å². The van der Waals surface area contributed by atoms with Crippen LogP contribution >= 0.6 is 0 Å². The van der Waals surface area contributed by atoms with Gasteiger partial charge >= 0.3 is 6.61 Å². The largest absolute Gasteiger partial charge is 0.433 e. The number of fused-ring (bicyclic) bond motifs is 1. The molecule has 3 N–H and O–H groups in total. The van der Waals surface area contributed by atoms with Crippen LogP contribution in [0.25, 0.3) is 22.2 Å². The Hall–Kier alpha value is -4.51. The summed E-state index contributed by atoms with van der Waals surface area (Å²) in [6, 6.07) is 12.6. The van der Waals surface area contributed by atoms with Crippen molar-refractivity contribution in [2.24, 2.45) is 7.05 Å². The van der Waals surface area contributed by atoms with Crippen molar-refractivity contribution in [1.29, 1.82) is 0 Å². The summed E-state index contributed by atoms with van der Waals surface area (Å²) < 4.78 is 33.5. The topological polar surface area (TPSA) is 96.3 Å². The van der Waals surface area contributed by atoms with Crippen LogP contribution in [0.1, 0.15) is 0 Å². The number of carbonyl (C=O) groups excluding carboxylic acids is 1. The quantitative estimate of drug-likeness (QED) is 0.237. The highest BCUT2D eigenvalue weighted by Gasteiger charge is 2.18. The van der Waals surface area contributed by atoms with E-state index >= 15 is 0 Å². The summed E-state index contributed by atoms with van der Waals surface area (Å²) in [5, 5.41) is 9.85. The SMILES string of the molecule is C=CC(=O)Nc1cc(Nc2nccc(-c3cn(C)c4ccccc34)n2)c(OC(F)F)cc1NCCN(C)C. The summed E-state index contributed by atoms with van der Waals surface area (Å²) in [5.41, 5.74) is 3.51. The van der Waals surface area contributed by atoms with E-state index in [1.807, 2.05) is 61.1 Å². The molecule has 198 valence electrons. The molecule has 11 heteroatoms.